The van der Waals surface area contributed by atoms with Crippen molar-refractivity contribution >= 4 is 47.2 Å². The van der Waals surface area contributed by atoms with E-state index in [9.17, 15) is 24.5 Å². The molecule has 194 valence electrons. The quantitative estimate of drug-likeness (QED) is 0.168. The van der Waals surface area contributed by atoms with Gasteiger partial charge in [-0.25, -0.2) is 9.59 Å². The number of rotatable bonds is 11. The van der Waals surface area contributed by atoms with Gasteiger partial charge >= 0.3 is 12.1 Å². The number of nitro groups is 1. The number of non-ortho nitro benzene ring substituents is 1. The maximum absolute atomic E-state index is 12.9. The van der Waals surface area contributed by atoms with Gasteiger partial charge in [0.2, 0.25) is 5.91 Å². The summed E-state index contributed by atoms with van der Waals surface area (Å²) in [5.41, 5.74) is 1.59. The highest BCUT2D eigenvalue weighted by molar-refractivity contribution is 8.22. The lowest BCUT2D eigenvalue weighted by molar-refractivity contribution is -0.384. The number of nitrogens with zero attached hydrogens (tertiary/aromatic N) is 2. The Labute approximate surface area is 221 Å². The fourth-order valence-corrected chi connectivity index (χ4v) is 6.55. The summed E-state index contributed by atoms with van der Waals surface area (Å²) < 4.78 is 16.4. The molecule has 1 fully saturated rings. The molecular weight excluding hydrogens is 520 g/mol. The average Bonchev–Trinajstić information content (AvgIpc) is 3.24. The molecule has 0 aromatic heterocycles. The van der Waals surface area contributed by atoms with Crippen LogP contribution in [0.3, 0.4) is 0 Å². The topological polar surface area (TPSA) is 125 Å². The smallest absolute Gasteiger partial charge is 0.456 e. The summed E-state index contributed by atoms with van der Waals surface area (Å²) in [5, 5.41) is 10.5. The van der Waals surface area contributed by atoms with E-state index in [0.29, 0.717) is 22.0 Å². The standard InChI is InChI=1S/C25H24N2O8S2/c1-2-36-24-20(23(29)34-14-17-8-10-18(11-9-17)27(31)32)26-21(28)19(22(26)37-24)12-13-33-25(30)35-15-16-6-4-3-5-7-16/h3-11,19,22H,2,12-15H2,1H3/t19?,22-/m1/s1. The zero-order valence-electron chi connectivity index (χ0n) is 19.9. The van der Waals surface area contributed by atoms with Crippen molar-refractivity contribution in [2.75, 3.05) is 12.4 Å². The molecule has 0 radical (unpaired) electrons. The lowest BCUT2D eigenvalue weighted by atomic mass is 9.94. The van der Waals surface area contributed by atoms with E-state index in [0.717, 1.165) is 5.56 Å². The number of carbonyl (C=O) groups excluding carboxylic acids is 3. The second kappa shape index (κ2) is 12.2. The number of hydrogen-bond donors (Lipinski definition) is 0. The van der Waals surface area contributed by atoms with Crippen molar-refractivity contribution in [3.8, 4) is 0 Å². The van der Waals surface area contributed by atoms with Crippen molar-refractivity contribution in [2.24, 2.45) is 5.92 Å². The number of esters is 1. The molecule has 2 atom stereocenters. The van der Waals surface area contributed by atoms with E-state index in [2.05, 4.69) is 0 Å². The number of carbonyl (C=O) groups is 3. The molecule has 37 heavy (non-hydrogen) atoms. The normalized spacial score (nSPS) is 18.2. The van der Waals surface area contributed by atoms with Crippen LogP contribution in [0.25, 0.3) is 0 Å². The van der Waals surface area contributed by atoms with Crippen LogP contribution < -0.4 is 0 Å². The molecule has 2 aromatic rings. The molecular formula is C25H24N2O8S2. The third kappa shape index (κ3) is 6.25. The largest absolute Gasteiger partial charge is 0.508 e. The summed E-state index contributed by atoms with van der Waals surface area (Å²) in [6.07, 6.45) is -0.495. The fourth-order valence-electron chi connectivity index (χ4n) is 3.80. The van der Waals surface area contributed by atoms with Gasteiger partial charge in [-0.05, 0) is 35.4 Å². The molecule has 1 unspecified atom stereocenters. The van der Waals surface area contributed by atoms with Gasteiger partial charge in [-0.3, -0.25) is 19.8 Å². The molecule has 2 aliphatic rings. The average molecular weight is 545 g/mol. The fraction of sp³-hybridized carbons (Fsp3) is 0.320. The Bertz CT molecular complexity index is 1200. The maximum atomic E-state index is 12.9. The second-order valence-electron chi connectivity index (χ2n) is 8.05. The lowest BCUT2D eigenvalue weighted by Crippen LogP contribution is -2.57. The number of benzene rings is 2. The zero-order valence-corrected chi connectivity index (χ0v) is 21.5. The van der Waals surface area contributed by atoms with Gasteiger partial charge in [0.1, 0.15) is 13.2 Å². The van der Waals surface area contributed by atoms with E-state index in [1.54, 1.807) is 0 Å². The first-order valence-corrected chi connectivity index (χ1v) is 13.4. The minimum absolute atomic E-state index is 0.0190. The second-order valence-corrected chi connectivity index (χ2v) is 10.7. The lowest BCUT2D eigenvalue weighted by Gasteiger charge is -2.42. The Morgan fingerprint density at radius 3 is 2.38 bits per heavy atom. The minimum atomic E-state index is -0.803. The van der Waals surface area contributed by atoms with Gasteiger partial charge in [0.05, 0.1) is 27.1 Å². The van der Waals surface area contributed by atoms with E-state index in [4.69, 9.17) is 14.2 Å². The van der Waals surface area contributed by atoms with E-state index >= 15 is 0 Å². The SMILES string of the molecule is CCSC1=C(C(=O)OCc2ccc([N+](=O)[O-])cc2)N2C(=O)C(CCOC(=O)OCc3ccccc3)[C@H]2S1. The molecule has 10 nitrogen and oxygen atoms in total. The Kier molecular flexibility index (Phi) is 8.72. The van der Waals surface area contributed by atoms with Crippen molar-refractivity contribution in [1.29, 1.82) is 0 Å². The molecule has 0 N–H and O–H groups in total. The summed E-state index contributed by atoms with van der Waals surface area (Å²) >= 11 is 2.88. The molecule has 1 saturated heterocycles. The van der Waals surface area contributed by atoms with Crippen LogP contribution in [0.2, 0.25) is 0 Å². The summed E-state index contributed by atoms with van der Waals surface area (Å²) in [4.78, 5) is 49.4. The van der Waals surface area contributed by atoms with Gasteiger partial charge in [0.15, 0.2) is 5.70 Å². The number of β-lactam (4-membered cyclic amide) rings is 1. The predicted octanol–water partition coefficient (Wildman–Crippen LogP) is 4.84. The van der Waals surface area contributed by atoms with Crippen LogP contribution in [0.5, 0.6) is 0 Å². The monoisotopic (exact) mass is 544 g/mol. The Balaban J connectivity index is 1.28. The molecule has 2 heterocycles. The van der Waals surface area contributed by atoms with E-state index in [-0.39, 0.29) is 42.5 Å². The molecule has 0 saturated carbocycles. The van der Waals surface area contributed by atoms with E-state index in [1.165, 1.54) is 52.7 Å². The van der Waals surface area contributed by atoms with Gasteiger partial charge in [0.25, 0.3) is 5.69 Å². The number of hydrogen-bond acceptors (Lipinski definition) is 10. The molecule has 12 heteroatoms. The highest BCUT2D eigenvalue weighted by atomic mass is 32.2. The van der Waals surface area contributed by atoms with Gasteiger partial charge < -0.3 is 14.2 Å². The predicted molar refractivity (Wildman–Crippen MR) is 137 cm³/mol. The van der Waals surface area contributed by atoms with Crippen LogP contribution in [-0.4, -0.2) is 45.6 Å². The molecule has 0 aliphatic carbocycles. The number of amides is 1. The first-order valence-electron chi connectivity index (χ1n) is 11.5. The number of thioether (sulfide) groups is 2. The number of nitro benzene ring substituents is 1. The molecule has 2 aromatic carbocycles. The first-order chi connectivity index (χ1) is 17.9. The zero-order chi connectivity index (χ0) is 26.4. The Hall–Kier alpha value is -3.51. The summed E-state index contributed by atoms with van der Waals surface area (Å²) in [6.45, 7) is 1.98. The van der Waals surface area contributed by atoms with Gasteiger partial charge in [-0.15, -0.1) is 11.8 Å². The first kappa shape index (κ1) is 26.6. The van der Waals surface area contributed by atoms with Crippen molar-refractivity contribution < 1.29 is 33.5 Å². The Morgan fingerprint density at radius 2 is 1.70 bits per heavy atom. The summed E-state index contributed by atoms with van der Waals surface area (Å²) in [7, 11) is 0. The summed E-state index contributed by atoms with van der Waals surface area (Å²) in [6, 6.07) is 14.9. The number of ether oxygens (including phenoxy) is 3. The van der Waals surface area contributed by atoms with Gasteiger partial charge in [-0.2, -0.15) is 0 Å². The Morgan fingerprint density at radius 1 is 1.03 bits per heavy atom. The van der Waals surface area contributed by atoms with Crippen molar-refractivity contribution in [1.82, 2.24) is 4.90 Å². The highest BCUT2D eigenvalue weighted by Crippen LogP contribution is 2.53. The third-order valence-electron chi connectivity index (χ3n) is 5.65. The third-order valence-corrected chi connectivity index (χ3v) is 8.22. The van der Waals surface area contributed by atoms with Crippen LogP contribution in [0.15, 0.2) is 64.5 Å². The highest BCUT2D eigenvalue weighted by Gasteiger charge is 2.56. The minimum Gasteiger partial charge on any atom is -0.456 e. The van der Waals surface area contributed by atoms with E-state index < -0.39 is 23.0 Å². The molecule has 0 bridgehead atoms. The van der Waals surface area contributed by atoms with Crippen molar-refractivity contribution in [3.63, 3.8) is 0 Å². The summed E-state index contributed by atoms with van der Waals surface area (Å²) in [5.74, 6) is -0.555. The van der Waals surface area contributed by atoms with Crippen molar-refractivity contribution in [2.45, 2.75) is 31.9 Å². The molecule has 1 amide bonds. The molecule has 2 aliphatic heterocycles. The van der Waals surface area contributed by atoms with Crippen LogP contribution in [-0.2, 0) is 37.0 Å². The van der Waals surface area contributed by atoms with Gasteiger partial charge in [0, 0.05) is 12.1 Å². The van der Waals surface area contributed by atoms with Crippen LogP contribution >= 0.6 is 23.5 Å². The van der Waals surface area contributed by atoms with E-state index in [1.807, 2.05) is 37.3 Å². The van der Waals surface area contributed by atoms with Gasteiger partial charge in [-0.1, -0.05) is 49.0 Å². The van der Waals surface area contributed by atoms with Crippen LogP contribution in [0.4, 0.5) is 10.5 Å². The number of fused-ring (bicyclic) bond motifs is 1. The van der Waals surface area contributed by atoms with Crippen LogP contribution in [0.1, 0.15) is 24.5 Å². The molecule has 4 rings (SSSR count). The van der Waals surface area contributed by atoms with Crippen LogP contribution in [0, 0.1) is 16.0 Å². The molecule has 0 spiro atoms. The maximum Gasteiger partial charge on any atom is 0.508 e. The van der Waals surface area contributed by atoms with Crippen molar-refractivity contribution in [3.05, 3.63) is 85.8 Å².